The van der Waals surface area contributed by atoms with Crippen molar-refractivity contribution in [2.24, 2.45) is 0 Å². The number of nitrogens with zero attached hydrogens (tertiary/aromatic N) is 2. The van der Waals surface area contributed by atoms with Crippen molar-refractivity contribution in [3.63, 3.8) is 0 Å². The van der Waals surface area contributed by atoms with E-state index in [0.29, 0.717) is 46.4 Å². The number of anilines is 1. The highest BCUT2D eigenvalue weighted by Crippen LogP contribution is 2.27. The smallest absolute Gasteiger partial charge is 0.277 e. The van der Waals surface area contributed by atoms with Crippen LogP contribution in [0.4, 0.5) is 5.69 Å². The number of hydrogen-bond donors (Lipinski definition) is 1. The Morgan fingerprint density at radius 2 is 2.06 bits per heavy atom. The Labute approximate surface area is 195 Å². The zero-order valence-electron chi connectivity index (χ0n) is 17.3. The van der Waals surface area contributed by atoms with E-state index in [1.807, 2.05) is 25.1 Å². The van der Waals surface area contributed by atoms with Crippen molar-refractivity contribution in [2.45, 2.75) is 38.3 Å². The first-order valence-electron chi connectivity index (χ1n) is 9.87. The largest absolute Gasteiger partial charge is 0.492 e. The van der Waals surface area contributed by atoms with Gasteiger partial charge >= 0.3 is 0 Å². The molecule has 0 bridgehead atoms. The first-order valence-corrected chi connectivity index (χ1v) is 11.6. The minimum Gasteiger partial charge on any atom is -0.492 e. The number of hydrogen-bond acceptors (Lipinski definition) is 6. The van der Waals surface area contributed by atoms with Gasteiger partial charge in [0.2, 0.25) is 11.8 Å². The molecule has 0 unspecified atom stereocenters. The Balaban J connectivity index is 1.42. The van der Waals surface area contributed by atoms with Crippen LogP contribution in [0.3, 0.4) is 0 Å². The van der Waals surface area contributed by atoms with Crippen LogP contribution in [0.1, 0.15) is 30.4 Å². The molecule has 0 aliphatic heterocycles. The van der Waals surface area contributed by atoms with Crippen LogP contribution in [0.2, 0.25) is 10.0 Å². The molecule has 1 amide bonds. The minimum atomic E-state index is -0.109. The maximum atomic E-state index is 12.3. The monoisotopic (exact) mass is 479 g/mol. The predicted octanol–water partition coefficient (Wildman–Crippen LogP) is 5.99. The van der Waals surface area contributed by atoms with Gasteiger partial charge in [0, 0.05) is 17.1 Å². The zero-order chi connectivity index (χ0) is 22.2. The van der Waals surface area contributed by atoms with Gasteiger partial charge < -0.3 is 14.5 Å². The van der Waals surface area contributed by atoms with Gasteiger partial charge in [0.05, 0.1) is 17.4 Å². The molecule has 0 saturated carbocycles. The lowest BCUT2D eigenvalue weighted by Gasteiger charge is -2.12. The number of carbonyl (C=O) groups is 1. The van der Waals surface area contributed by atoms with Crippen molar-refractivity contribution in [1.29, 1.82) is 0 Å². The molecule has 0 aliphatic carbocycles. The molecule has 0 radical (unpaired) electrons. The highest BCUT2D eigenvalue weighted by Gasteiger charge is 2.12. The average Bonchev–Trinajstić information content (AvgIpc) is 3.20. The molecule has 2 aromatic carbocycles. The van der Waals surface area contributed by atoms with Crippen molar-refractivity contribution in [1.82, 2.24) is 10.2 Å². The number of para-hydroxylation sites is 1. The summed E-state index contributed by atoms with van der Waals surface area (Å²) in [6, 6.07) is 11.1. The molecular weight excluding hydrogens is 457 g/mol. The number of nitrogens with one attached hydrogen (secondary N) is 1. The first kappa shape index (κ1) is 23.4. The van der Waals surface area contributed by atoms with Crippen LogP contribution in [0, 0.1) is 6.92 Å². The van der Waals surface area contributed by atoms with Gasteiger partial charge in [-0.15, -0.1) is 10.2 Å². The summed E-state index contributed by atoms with van der Waals surface area (Å²) < 4.78 is 11.3. The standard InChI is InChI=1S/C22H23Cl2N3O3S/c1-3-15-7-4-6-14(2)21(15)25-19(28)13-31-22-27-26-20(30-22)8-5-11-29-18-10-9-16(23)12-17(18)24/h4,6-7,9-10,12H,3,5,8,11,13H2,1-2H3,(H,25,28). The quantitative estimate of drug-likeness (QED) is 0.284. The van der Waals surface area contributed by atoms with Crippen LogP contribution in [-0.2, 0) is 17.6 Å². The van der Waals surface area contributed by atoms with E-state index in [2.05, 4.69) is 22.4 Å². The summed E-state index contributed by atoms with van der Waals surface area (Å²) in [7, 11) is 0. The van der Waals surface area contributed by atoms with Gasteiger partial charge in [-0.2, -0.15) is 0 Å². The van der Waals surface area contributed by atoms with Crippen molar-refractivity contribution in [3.8, 4) is 5.75 Å². The molecule has 9 heteroatoms. The SMILES string of the molecule is CCc1cccc(C)c1NC(=O)CSc1nnc(CCCOc2ccc(Cl)cc2Cl)o1. The van der Waals surface area contributed by atoms with Crippen molar-refractivity contribution >= 4 is 46.6 Å². The summed E-state index contributed by atoms with van der Waals surface area (Å²) >= 11 is 13.2. The molecule has 3 rings (SSSR count). The predicted molar refractivity (Wildman–Crippen MR) is 124 cm³/mol. The normalized spacial score (nSPS) is 10.8. The third-order valence-corrected chi connectivity index (χ3v) is 5.81. The second kappa shape index (κ2) is 11.4. The van der Waals surface area contributed by atoms with E-state index < -0.39 is 0 Å². The fraction of sp³-hybridized carbons (Fsp3) is 0.318. The Bertz CT molecular complexity index is 1040. The molecular formula is C22H23Cl2N3O3S. The summed E-state index contributed by atoms with van der Waals surface area (Å²) in [5.41, 5.74) is 3.03. The van der Waals surface area contributed by atoms with Crippen LogP contribution in [0.25, 0.3) is 0 Å². The van der Waals surface area contributed by atoms with Crippen molar-refractivity contribution in [3.05, 3.63) is 63.5 Å². The molecule has 1 heterocycles. The molecule has 1 aromatic heterocycles. The molecule has 31 heavy (non-hydrogen) atoms. The number of amides is 1. The van der Waals surface area contributed by atoms with Gasteiger partial charge in [0.15, 0.2) is 0 Å². The number of aryl methyl sites for hydroxylation is 3. The maximum Gasteiger partial charge on any atom is 0.277 e. The van der Waals surface area contributed by atoms with Gasteiger partial charge in [-0.3, -0.25) is 4.79 Å². The van der Waals surface area contributed by atoms with E-state index in [1.165, 1.54) is 11.8 Å². The number of halogens is 2. The van der Waals surface area contributed by atoms with Crippen LogP contribution >= 0.6 is 35.0 Å². The van der Waals surface area contributed by atoms with E-state index >= 15 is 0 Å². The van der Waals surface area contributed by atoms with E-state index in [-0.39, 0.29) is 11.7 Å². The second-order valence-electron chi connectivity index (χ2n) is 6.79. The molecule has 3 aromatic rings. The summed E-state index contributed by atoms with van der Waals surface area (Å²) in [6.45, 7) is 4.50. The molecule has 0 aliphatic rings. The molecule has 6 nitrogen and oxygen atoms in total. The summed E-state index contributed by atoms with van der Waals surface area (Å²) in [5.74, 6) is 1.17. The summed E-state index contributed by atoms with van der Waals surface area (Å²) in [4.78, 5) is 12.3. The lowest BCUT2D eigenvalue weighted by atomic mass is 10.1. The van der Waals surface area contributed by atoms with Gasteiger partial charge in [0.1, 0.15) is 5.75 Å². The molecule has 0 fully saturated rings. The van der Waals surface area contributed by atoms with Gasteiger partial charge in [-0.25, -0.2) is 0 Å². The summed E-state index contributed by atoms with van der Waals surface area (Å²) in [5, 5.41) is 12.4. The lowest BCUT2D eigenvalue weighted by Crippen LogP contribution is -2.16. The molecule has 0 saturated heterocycles. The molecule has 164 valence electrons. The fourth-order valence-corrected chi connectivity index (χ4v) is 3.94. The van der Waals surface area contributed by atoms with E-state index in [9.17, 15) is 4.79 Å². The third kappa shape index (κ3) is 6.89. The van der Waals surface area contributed by atoms with Crippen LogP contribution in [0.5, 0.6) is 5.75 Å². The molecule has 0 atom stereocenters. The Morgan fingerprint density at radius 1 is 1.23 bits per heavy atom. The van der Waals surface area contributed by atoms with Crippen LogP contribution in [-0.4, -0.2) is 28.5 Å². The van der Waals surface area contributed by atoms with E-state index in [1.54, 1.807) is 18.2 Å². The number of benzene rings is 2. The van der Waals surface area contributed by atoms with Crippen LogP contribution < -0.4 is 10.1 Å². The van der Waals surface area contributed by atoms with E-state index in [0.717, 1.165) is 23.2 Å². The number of rotatable bonds is 10. The third-order valence-electron chi connectivity index (χ3n) is 4.47. The highest BCUT2D eigenvalue weighted by atomic mass is 35.5. The van der Waals surface area contributed by atoms with Gasteiger partial charge in [0.25, 0.3) is 5.22 Å². The number of thioether (sulfide) groups is 1. The zero-order valence-corrected chi connectivity index (χ0v) is 19.6. The average molecular weight is 480 g/mol. The summed E-state index contributed by atoms with van der Waals surface area (Å²) in [6.07, 6.45) is 2.10. The molecule has 0 spiro atoms. The number of carbonyl (C=O) groups excluding carboxylic acids is 1. The topological polar surface area (TPSA) is 77.2 Å². The number of aromatic nitrogens is 2. The molecule has 1 N–H and O–H groups in total. The van der Waals surface area contributed by atoms with Gasteiger partial charge in [-0.1, -0.05) is 60.1 Å². The Morgan fingerprint density at radius 3 is 2.84 bits per heavy atom. The van der Waals surface area contributed by atoms with E-state index in [4.69, 9.17) is 32.4 Å². The fourth-order valence-electron chi connectivity index (χ4n) is 2.90. The second-order valence-corrected chi connectivity index (χ2v) is 8.56. The highest BCUT2D eigenvalue weighted by molar-refractivity contribution is 7.99. The van der Waals surface area contributed by atoms with Crippen LogP contribution in [0.15, 0.2) is 46.0 Å². The first-order chi connectivity index (χ1) is 15.0. The number of ether oxygens (including phenoxy) is 1. The Kier molecular flexibility index (Phi) is 8.63. The lowest BCUT2D eigenvalue weighted by molar-refractivity contribution is -0.113. The maximum absolute atomic E-state index is 12.3. The van der Waals surface area contributed by atoms with Gasteiger partial charge in [-0.05, 0) is 49.1 Å². The van der Waals surface area contributed by atoms with Crippen molar-refractivity contribution < 1.29 is 13.9 Å². The Hall–Kier alpha value is -2.22. The van der Waals surface area contributed by atoms with Crippen molar-refractivity contribution in [2.75, 3.05) is 17.7 Å². The minimum absolute atomic E-state index is 0.109.